The number of rotatable bonds is 3. The summed E-state index contributed by atoms with van der Waals surface area (Å²) in [5.41, 5.74) is 0.372. The molecule has 0 saturated carbocycles. The molecule has 168 valence electrons. The minimum absolute atomic E-state index is 0.00155. The number of nitriles is 1. The third-order valence-electron chi connectivity index (χ3n) is 5.25. The second kappa shape index (κ2) is 8.38. The fourth-order valence-electron chi connectivity index (χ4n) is 3.65. The number of nitrogens with zero attached hydrogens (tertiary/aromatic N) is 1. The SMILES string of the molecule is N#C/C(C(=O)NC1=CC=C(S(=O)(=O)O)CC1)=c1/[nH]/c(=C2\CNC(=O)NC2=O)c2ccccc12. The van der Waals surface area contributed by atoms with Crippen LogP contribution in [0.15, 0.2) is 47.0 Å². The molecule has 0 unspecified atom stereocenters. The van der Waals surface area contributed by atoms with Crippen molar-refractivity contribution in [1.82, 2.24) is 20.9 Å². The van der Waals surface area contributed by atoms with Crippen LogP contribution in [0.25, 0.3) is 21.9 Å². The Hall–Kier alpha value is -4.21. The van der Waals surface area contributed by atoms with Crippen LogP contribution in [0, 0.1) is 11.3 Å². The predicted molar refractivity (Wildman–Crippen MR) is 117 cm³/mol. The van der Waals surface area contributed by atoms with Gasteiger partial charge in [0.1, 0.15) is 11.6 Å². The van der Waals surface area contributed by atoms with Crippen molar-refractivity contribution in [3.05, 3.63) is 57.7 Å². The number of nitrogens with one attached hydrogen (secondary N) is 4. The second-order valence-corrected chi connectivity index (χ2v) is 8.75. The second-order valence-electron chi connectivity index (χ2n) is 7.28. The maximum Gasteiger partial charge on any atom is 0.321 e. The number of H-pyrrole nitrogens is 1. The molecule has 1 aliphatic heterocycles. The number of carbonyl (C=O) groups excluding carboxylic acids is 3. The van der Waals surface area contributed by atoms with Crippen LogP contribution in [-0.2, 0) is 19.7 Å². The van der Waals surface area contributed by atoms with Gasteiger partial charge in [-0.05, 0) is 25.0 Å². The molecule has 1 aliphatic carbocycles. The van der Waals surface area contributed by atoms with Crippen LogP contribution in [0.3, 0.4) is 0 Å². The standard InChI is InChI=1S/C21H17N5O6S/c22-9-15(19(27)24-11-5-7-12(8-6-11)33(30,31)32)17-13-3-1-2-4-14(13)18(25-17)16-10-23-21(29)26-20(16)28/h1-5,7,25H,6,8,10H2,(H,24,27)(H,30,31,32)(H2,23,26,28,29)/b17-15-,18-16+. The zero-order valence-corrected chi connectivity index (χ0v) is 17.7. The highest BCUT2D eigenvalue weighted by Crippen LogP contribution is 2.20. The van der Waals surface area contributed by atoms with Gasteiger partial charge in [-0.3, -0.25) is 19.5 Å². The number of aromatic amines is 1. The van der Waals surface area contributed by atoms with E-state index < -0.39 is 28.0 Å². The van der Waals surface area contributed by atoms with Crippen LogP contribution in [-0.4, -0.2) is 42.3 Å². The van der Waals surface area contributed by atoms with Gasteiger partial charge in [0.05, 0.1) is 27.7 Å². The Morgan fingerprint density at radius 2 is 1.85 bits per heavy atom. The molecule has 4 rings (SSSR count). The summed E-state index contributed by atoms with van der Waals surface area (Å²) in [5.74, 6) is -1.31. The fraction of sp³-hybridized carbons (Fsp3) is 0.143. The number of hydrogen-bond acceptors (Lipinski definition) is 6. The van der Waals surface area contributed by atoms with E-state index in [4.69, 9.17) is 4.55 Å². The predicted octanol–water partition coefficient (Wildman–Crippen LogP) is -0.602. The lowest BCUT2D eigenvalue weighted by atomic mass is 10.1. The maximum atomic E-state index is 12.9. The summed E-state index contributed by atoms with van der Waals surface area (Å²) in [4.78, 5) is 39.5. The molecule has 4 amide bonds. The van der Waals surface area contributed by atoms with Gasteiger partial charge in [0.2, 0.25) is 0 Å². The van der Waals surface area contributed by atoms with Gasteiger partial charge in [-0.25, -0.2) is 4.79 Å². The van der Waals surface area contributed by atoms with Crippen molar-refractivity contribution in [3.8, 4) is 6.07 Å². The Labute approximate surface area is 186 Å². The van der Waals surface area contributed by atoms with E-state index in [1.54, 1.807) is 24.3 Å². The first-order valence-corrected chi connectivity index (χ1v) is 11.1. The minimum Gasteiger partial charge on any atom is -0.353 e. The summed E-state index contributed by atoms with van der Waals surface area (Å²) in [6.07, 6.45) is 2.68. The molecule has 5 N–H and O–H groups in total. The fourth-order valence-corrected chi connectivity index (χ4v) is 4.25. The third-order valence-corrected chi connectivity index (χ3v) is 6.25. The smallest absolute Gasteiger partial charge is 0.321 e. The third kappa shape index (κ3) is 4.27. The van der Waals surface area contributed by atoms with Gasteiger partial charge in [-0.1, -0.05) is 24.3 Å². The molecule has 0 atom stereocenters. The lowest BCUT2D eigenvalue weighted by Gasteiger charge is -2.14. The number of benzene rings is 1. The van der Waals surface area contributed by atoms with Gasteiger partial charge in [0.25, 0.3) is 21.9 Å². The molecule has 1 fully saturated rings. The van der Waals surface area contributed by atoms with Crippen LogP contribution in [0.1, 0.15) is 12.8 Å². The summed E-state index contributed by atoms with van der Waals surface area (Å²) >= 11 is 0. The number of urea groups is 1. The van der Waals surface area contributed by atoms with Crippen LogP contribution >= 0.6 is 0 Å². The van der Waals surface area contributed by atoms with Crippen LogP contribution in [0.4, 0.5) is 4.79 Å². The summed E-state index contributed by atoms with van der Waals surface area (Å²) in [7, 11) is -4.30. The maximum absolute atomic E-state index is 12.9. The van der Waals surface area contributed by atoms with Crippen molar-refractivity contribution < 1.29 is 27.4 Å². The van der Waals surface area contributed by atoms with E-state index in [0.717, 1.165) is 0 Å². The molecule has 1 saturated heterocycles. The Kier molecular flexibility index (Phi) is 5.59. The molecular formula is C21H17N5O6S. The van der Waals surface area contributed by atoms with E-state index in [9.17, 15) is 28.1 Å². The first kappa shape index (κ1) is 22.0. The zero-order valence-electron chi connectivity index (χ0n) is 16.9. The van der Waals surface area contributed by atoms with Crippen molar-refractivity contribution >= 4 is 49.9 Å². The van der Waals surface area contributed by atoms with E-state index in [1.807, 2.05) is 6.07 Å². The monoisotopic (exact) mass is 467 g/mol. The highest BCUT2D eigenvalue weighted by Gasteiger charge is 2.23. The van der Waals surface area contributed by atoms with Crippen molar-refractivity contribution in [2.45, 2.75) is 12.8 Å². The van der Waals surface area contributed by atoms with E-state index in [0.29, 0.717) is 21.8 Å². The Morgan fingerprint density at radius 3 is 2.45 bits per heavy atom. The molecule has 12 heteroatoms. The summed E-state index contributed by atoms with van der Waals surface area (Å²) < 4.78 is 31.5. The molecule has 11 nitrogen and oxygen atoms in total. The number of allylic oxidation sites excluding steroid dienone is 4. The lowest BCUT2D eigenvalue weighted by molar-refractivity contribution is -0.115. The van der Waals surface area contributed by atoms with Gasteiger partial charge in [-0.15, -0.1) is 0 Å². The minimum atomic E-state index is -4.30. The van der Waals surface area contributed by atoms with Crippen molar-refractivity contribution in [1.29, 1.82) is 5.26 Å². The summed E-state index contributed by atoms with van der Waals surface area (Å²) in [6, 6.07) is 8.13. The van der Waals surface area contributed by atoms with Crippen molar-refractivity contribution in [3.63, 3.8) is 0 Å². The number of hydrogen-bond donors (Lipinski definition) is 5. The number of imide groups is 1. The van der Waals surface area contributed by atoms with E-state index in [-0.39, 0.29) is 40.8 Å². The zero-order chi connectivity index (χ0) is 23.8. The van der Waals surface area contributed by atoms with Gasteiger partial charge in [-0.2, -0.15) is 13.7 Å². The molecular weight excluding hydrogens is 450 g/mol. The van der Waals surface area contributed by atoms with Crippen molar-refractivity contribution in [2.75, 3.05) is 6.54 Å². The van der Waals surface area contributed by atoms with Gasteiger partial charge in [0, 0.05) is 16.5 Å². The Bertz CT molecular complexity index is 1560. The summed E-state index contributed by atoms with van der Waals surface area (Å²) in [6.45, 7) is -0.0297. The number of fused-ring (bicyclic) bond motifs is 1. The first-order valence-electron chi connectivity index (χ1n) is 9.71. The van der Waals surface area contributed by atoms with Crippen LogP contribution in [0.2, 0.25) is 0 Å². The average Bonchev–Trinajstić information content (AvgIpc) is 3.13. The quantitative estimate of drug-likeness (QED) is 0.373. The van der Waals surface area contributed by atoms with E-state index >= 15 is 0 Å². The lowest BCUT2D eigenvalue weighted by Crippen LogP contribution is -2.49. The highest BCUT2D eigenvalue weighted by atomic mass is 32.2. The summed E-state index contributed by atoms with van der Waals surface area (Å²) in [5, 5.41) is 18.7. The molecule has 0 spiro atoms. The molecule has 2 aromatic rings. The number of carbonyl (C=O) groups is 3. The van der Waals surface area contributed by atoms with E-state index in [1.165, 1.54) is 12.2 Å². The average molecular weight is 467 g/mol. The largest absolute Gasteiger partial charge is 0.353 e. The number of amides is 4. The highest BCUT2D eigenvalue weighted by molar-refractivity contribution is 7.89. The van der Waals surface area contributed by atoms with Gasteiger partial charge >= 0.3 is 6.03 Å². The normalized spacial score (nSPS) is 19.0. The first-order chi connectivity index (χ1) is 15.7. The van der Waals surface area contributed by atoms with Crippen LogP contribution < -0.4 is 26.6 Å². The van der Waals surface area contributed by atoms with Crippen molar-refractivity contribution in [2.24, 2.45) is 0 Å². The molecule has 1 aromatic carbocycles. The molecule has 0 bridgehead atoms. The van der Waals surface area contributed by atoms with Gasteiger partial charge < -0.3 is 15.6 Å². The Morgan fingerprint density at radius 1 is 1.12 bits per heavy atom. The molecule has 2 aliphatic rings. The van der Waals surface area contributed by atoms with Gasteiger partial charge in [0.15, 0.2) is 0 Å². The topological polar surface area (TPSA) is 181 Å². The number of aromatic nitrogens is 1. The molecule has 1 aromatic heterocycles. The van der Waals surface area contributed by atoms with E-state index in [2.05, 4.69) is 20.9 Å². The molecule has 33 heavy (non-hydrogen) atoms. The Balaban J connectivity index is 1.82. The van der Waals surface area contributed by atoms with Crippen LogP contribution in [0.5, 0.6) is 0 Å². The molecule has 0 radical (unpaired) electrons. The molecule has 2 heterocycles.